The van der Waals surface area contributed by atoms with E-state index in [1.54, 1.807) is 4.90 Å². The van der Waals surface area contributed by atoms with Crippen molar-refractivity contribution in [3.8, 4) is 23.6 Å². The fourth-order valence-corrected chi connectivity index (χ4v) is 1.58. The minimum absolute atomic E-state index is 1.03. The van der Waals surface area contributed by atoms with Crippen molar-refractivity contribution in [2.24, 2.45) is 0 Å². The molecule has 0 amide bonds. The van der Waals surface area contributed by atoms with E-state index in [2.05, 4.69) is 30.3 Å². The first-order valence-electron chi connectivity index (χ1n) is 5.17. The molecular weight excluding hydrogens is 194 g/mol. The zero-order chi connectivity index (χ0) is 11.4. The van der Waals surface area contributed by atoms with Crippen LogP contribution in [-0.4, -0.2) is 7.05 Å². The van der Waals surface area contributed by atoms with Gasteiger partial charge < -0.3 is 4.90 Å². The molecule has 1 nitrogen and oxygen atoms in total. The maximum absolute atomic E-state index is 5.33. The third-order valence-electron chi connectivity index (χ3n) is 2.56. The second-order valence-electron chi connectivity index (χ2n) is 3.60. The van der Waals surface area contributed by atoms with E-state index in [1.807, 2.05) is 37.4 Å². The first-order chi connectivity index (χ1) is 7.81. The minimum atomic E-state index is 1.03. The van der Waals surface area contributed by atoms with Gasteiger partial charge in [0.15, 0.2) is 0 Å². The molecule has 0 aromatic heterocycles. The third kappa shape index (κ3) is 2.07. The molecule has 16 heavy (non-hydrogen) atoms. The lowest BCUT2D eigenvalue weighted by molar-refractivity contribution is 1.25. The van der Waals surface area contributed by atoms with Gasteiger partial charge in [-0.05, 0) is 23.3 Å². The van der Waals surface area contributed by atoms with E-state index in [0.29, 0.717) is 0 Å². The summed E-state index contributed by atoms with van der Waals surface area (Å²) in [6.45, 7) is 0. The zero-order valence-electron chi connectivity index (χ0n) is 9.22. The number of anilines is 1. The Hall–Kier alpha value is -2.20. The fraction of sp³-hybridized carbons (Fsp3) is 0.0667. The molecule has 0 aliphatic heterocycles. The average Bonchev–Trinajstić information content (AvgIpc) is 2.39. The Balaban J connectivity index is 2.31. The van der Waals surface area contributed by atoms with E-state index in [-0.39, 0.29) is 0 Å². The summed E-state index contributed by atoms with van der Waals surface area (Å²) in [6.07, 6.45) is 5.33. The van der Waals surface area contributed by atoms with E-state index in [9.17, 15) is 0 Å². The van der Waals surface area contributed by atoms with Crippen LogP contribution in [0.1, 0.15) is 0 Å². The maximum Gasteiger partial charge on any atom is 0.0486 e. The summed E-state index contributed by atoms with van der Waals surface area (Å²) in [5.41, 5.74) is 3.45. The molecule has 2 aromatic carbocycles. The summed E-state index contributed by atoms with van der Waals surface area (Å²) in [4.78, 5) is 1.76. The molecule has 0 saturated carbocycles. The Morgan fingerprint density at radius 1 is 0.875 bits per heavy atom. The van der Waals surface area contributed by atoms with Crippen LogP contribution in [0.2, 0.25) is 0 Å². The highest BCUT2D eigenvalue weighted by atomic mass is 15.1. The van der Waals surface area contributed by atoms with E-state index < -0.39 is 0 Å². The topological polar surface area (TPSA) is 3.24 Å². The molecule has 0 aliphatic rings. The number of terminal acetylenes is 1. The van der Waals surface area contributed by atoms with Crippen LogP contribution in [0.5, 0.6) is 0 Å². The number of hydrogen-bond donors (Lipinski definition) is 0. The van der Waals surface area contributed by atoms with Crippen LogP contribution < -0.4 is 4.90 Å². The molecule has 2 aromatic rings. The molecule has 0 atom stereocenters. The molecule has 0 saturated heterocycles. The van der Waals surface area contributed by atoms with Crippen molar-refractivity contribution in [1.29, 1.82) is 0 Å². The van der Waals surface area contributed by atoms with Crippen molar-refractivity contribution in [2.75, 3.05) is 11.9 Å². The van der Waals surface area contributed by atoms with Crippen molar-refractivity contribution in [2.45, 2.75) is 0 Å². The summed E-state index contributed by atoms with van der Waals surface area (Å²) in [5.74, 6) is 0. The number of benzene rings is 2. The van der Waals surface area contributed by atoms with Crippen LogP contribution in [0.3, 0.4) is 0 Å². The molecule has 0 spiro atoms. The summed E-state index contributed by atoms with van der Waals surface area (Å²) < 4.78 is 0. The number of hydrogen-bond acceptors (Lipinski definition) is 1. The predicted octanol–water partition coefficient (Wildman–Crippen LogP) is 3.38. The van der Waals surface area contributed by atoms with Crippen LogP contribution in [-0.2, 0) is 0 Å². The Morgan fingerprint density at radius 3 is 2.00 bits per heavy atom. The Bertz CT molecular complexity index is 491. The summed E-state index contributed by atoms with van der Waals surface area (Å²) >= 11 is 0. The molecule has 78 valence electrons. The van der Waals surface area contributed by atoms with Gasteiger partial charge in [-0.3, -0.25) is 0 Å². The quantitative estimate of drug-likeness (QED) is 0.539. The molecule has 0 fully saturated rings. The molecule has 0 N–H and O–H groups in total. The van der Waals surface area contributed by atoms with Crippen molar-refractivity contribution in [3.05, 3.63) is 54.6 Å². The van der Waals surface area contributed by atoms with Gasteiger partial charge in [0.2, 0.25) is 0 Å². The van der Waals surface area contributed by atoms with Gasteiger partial charge in [-0.1, -0.05) is 48.9 Å². The van der Waals surface area contributed by atoms with Crippen LogP contribution in [0.4, 0.5) is 5.69 Å². The van der Waals surface area contributed by atoms with E-state index in [1.165, 1.54) is 11.1 Å². The SMILES string of the molecule is C#CN(C)c1ccc(-c2ccccc2)cc1. The van der Waals surface area contributed by atoms with E-state index >= 15 is 0 Å². The molecule has 0 bridgehead atoms. The Labute approximate surface area is 96.3 Å². The van der Waals surface area contributed by atoms with Gasteiger partial charge in [-0.15, -0.1) is 0 Å². The van der Waals surface area contributed by atoms with Gasteiger partial charge in [-0.25, -0.2) is 0 Å². The van der Waals surface area contributed by atoms with Gasteiger partial charge in [0.05, 0.1) is 0 Å². The normalized spacial score (nSPS) is 9.50. The van der Waals surface area contributed by atoms with Gasteiger partial charge in [0, 0.05) is 18.8 Å². The van der Waals surface area contributed by atoms with Gasteiger partial charge >= 0.3 is 0 Å². The lowest BCUT2D eigenvalue weighted by Gasteiger charge is -2.11. The molecule has 1 heteroatoms. The summed E-state index contributed by atoms with van der Waals surface area (Å²) in [5, 5.41) is 0. The largest absolute Gasteiger partial charge is 0.305 e. The van der Waals surface area contributed by atoms with Crippen molar-refractivity contribution in [3.63, 3.8) is 0 Å². The number of nitrogens with zero attached hydrogens (tertiary/aromatic N) is 1. The first-order valence-corrected chi connectivity index (χ1v) is 5.17. The molecule has 0 heterocycles. The standard InChI is InChI=1S/C15H13N/c1-3-16(2)15-11-9-14(10-12-15)13-7-5-4-6-8-13/h1,4-12H,2H3. The average molecular weight is 207 g/mol. The van der Waals surface area contributed by atoms with Crippen molar-refractivity contribution >= 4 is 5.69 Å². The molecule has 0 unspecified atom stereocenters. The summed E-state index contributed by atoms with van der Waals surface area (Å²) in [6, 6.07) is 21.1. The Morgan fingerprint density at radius 2 is 1.44 bits per heavy atom. The minimum Gasteiger partial charge on any atom is -0.305 e. The predicted molar refractivity (Wildman–Crippen MR) is 69.1 cm³/mol. The lowest BCUT2D eigenvalue weighted by Crippen LogP contribution is -2.07. The molecule has 0 aliphatic carbocycles. The van der Waals surface area contributed by atoms with Gasteiger partial charge in [0.1, 0.15) is 0 Å². The Kier molecular flexibility index (Phi) is 2.93. The summed E-state index contributed by atoms with van der Waals surface area (Å²) in [7, 11) is 1.87. The van der Waals surface area contributed by atoms with Crippen molar-refractivity contribution in [1.82, 2.24) is 0 Å². The maximum atomic E-state index is 5.33. The van der Waals surface area contributed by atoms with Gasteiger partial charge in [0.25, 0.3) is 0 Å². The van der Waals surface area contributed by atoms with Crippen LogP contribution >= 0.6 is 0 Å². The van der Waals surface area contributed by atoms with Crippen molar-refractivity contribution < 1.29 is 0 Å². The first kappa shape index (κ1) is 10.3. The highest BCUT2D eigenvalue weighted by Gasteiger charge is 1.99. The molecular formula is C15H13N. The fourth-order valence-electron chi connectivity index (χ4n) is 1.58. The highest BCUT2D eigenvalue weighted by molar-refractivity contribution is 5.66. The monoisotopic (exact) mass is 207 g/mol. The van der Waals surface area contributed by atoms with Crippen LogP contribution in [0.15, 0.2) is 54.6 Å². The van der Waals surface area contributed by atoms with E-state index in [0.717, 1.165) is 5.69 Å². The van der Waals surface area contributed by atoms with E-state index in [4.69, 9.17) is 6.42 Å². The molecule has 2 rings (SSSR count). The zero-order valence-corrected chi connectivity index (χ0v) is 9.22. The second kappa shape index (κ2) is 4.55. The van der Waals surface area contributed by atoms with Crippen LogP contribution in [0.25, 0.3) is 11.1 Å². The highest BCUT2D eigenvalue weighted by Crippen LogP contribution is 2.21. The smallest absolute Gasteiger partial charge is 0.0486 e. The second-order valence-corrected chi connectivity index (χ2v) is 3.60. The lowest BCUT2D eigenvalue weighted by atomic mass is 10.1. The third-order valence-corrected chi connectivity index (χ3v) is 2.56. The van der Waals surface area contributed by atoms with Gasteiger partial charge in [-0.2, -0.15) is 0 Å². The molecule has 0 radical (unpaired) electrons. The number of rotatable bonds is 2. The van der Waals surface area contributed by atoms with Crippen LogP contribution in [0, 0.1) is 12.5 Å².